The van der Waals surface area contributed by atoms with Gasteiger partial charge in [0, 0.05) is 41.3 Å². The van der Waals surface area contributed by atoms with Gasteiger partial charge in [-0.3, -0.25) is 4.79 Å². The smallest absolute Gasteiger partial charge is 0.227 e. The fourth-order valence-electron chi connectivity index (χ4n) is 3.99. The molecular formula is C21H22Cl2N4O. The monoisotopic (exact) mass is 416 g/mol. The van der Waals surface area contributed by atoms with Gasteiger partial charge in [-0.1, -0.05) is 23.2 Å². The number of benzene rings is 1. The Morgan fingerprint density at radius 3 is 2.75 bits per heavy atom. The van der Waals surface area contributed by atoms with Crippen LogP contribution in [0.15, 0.2) is 36.5 Å². The van der Waals surface area contributed by atoms with Gasteiger partial charge in [0.1, 0.15) is 0 Å². The van der Waals surface area contributed by atoms with E-state index in [-0.39, 0.29) is 11.9 Å². The van der Waals surface area contributed by atoms with E-state index in [1.165, 1.54) is 5.69 Å². The third kappa shape index (κ3) is 3.23. The standard InChI is InChI=1S/C21H22Cl2N4O/c1-13-17(14(2)27(24-13)20-7-6-16(22)11-18(20)23)12-21(28)26-10-9-25-8-4-5-19(25)15(26)3/h4-8,11,15H,9-10,12H2,1-3H3. The Kier molecular flexibility index (Phi) is 4.98. The van der Waals surface area contributed by atoms with Crippen molar-refractivity contribution in [1.82, 2.24) is 19.2 Å². The number of carbonyl (C=O) groups excluding carboxylic acids is 1. The fourth-order valence-corrected chi connectivity index (χ4v) is 4.48. The van der Waals surface area contributed by atoms with Crippen LogP contribution in [0.2, 0.25) is 10.0 Å². The van der Waals surface area contributed by atoms with E-state index < -0.39 is 0 Å². The maximum Gasteiger partial charge on any atom is 0.227 e. The molecule has 4 rings (SSSR count). The Morgan fingerprint density at radius 1 is 1.21 bits per heavy atom. The van der Waals surface area contributed by atoms with Gasteiger partial charge in [-0.05, 0) is 51.1 Å². The van der Waals surface area contributed by atoms with E-state index in [2.05, 4.69) is 28.9 Å². The van der Waals surface area contributed by atoms with Crippen molar-refractivity contribution < 1.29 is 4.79 Å². The highest BCUT2D eigenvalue weighted by molar-refractivity contribution is 6.35. The summed E-state index contributed by atoms with van der Waals surface area (Å²) in [6.07, 6.45) is 2.40. The van der Waals surface area contributed by atoms with Gasteiger partial charge in [-0.2, -0.15) is 5.10 Å². The van der Waals surface area contributed by atoms with Gasteiger partial charge in [0.2, 0.25) is 5.91 Å². The molecule has 5 nitrogen and oxygen atoms in total. The topological polar surface area (TPSA) is 43.1 Å². The van der Waals surface area contributed by atoms with Crippen LogP contribution in [-0.4, -0.2) is 31.7 Å². The Labute approximate surface area is 174 Å². The lowest BCUT2D eigenvalue weighted by Crippen LogP contribution is -2.41. The van der Waals surface area contributed by atoms with Crippen molar-refractivity contribution in [3.63, 3.8) is 0 Å². The summed E-state index contributed by atoms with van der Waals surface area (Å²) in [6, 6.07) is 9.52. The van der Waals surface area contributed by atoms with Gasteiger partial charge < -0.3 is 9.47 Å². The maximum atomic E-state index is 13.1. The minimum absolute atomic E-state index is 0.0672. The minimum Gasteiger partial charge on any atom is -0.348 e. The molecule has 1 unspecified atom stereocenters. The summed E-state index contributed by atoms with van der Waals surface area (Å²) >= 11 is 12.4. The third-order valence-electron chi connectivity index (χ3n) is 5.57. The zero-order valence-corrected chi connectivity index (χ0v) is 17.6. The normalized spacial score (nSPS) is 16.3. The first kappa shape index (κ1) is 19.1. The van der Waals surface area contributed by atoms with E-state index in [1.54, 1.807) is 16.8 Å². The van der Waals surface area contributed by atoms with Gasteiger partial charge in [0.15, 0.2) is 0 Å². The summed E-state index contributed by atoms with van der Waals surface area (Å²) in [5.74, 6) is 0.118. The van der Waals surface area contributed by atoms with Crippen LogP contribution in [0, 0.1) is 13.8 Å². The number of carbonyl (C=O) groups is 1. The van der Waals surface area contributed by atoms with Crippen molar-refractivity contribution in [2.45, 2.75) is 39.8 Å². The van der Waals surface area contributed by atoms with E-state index in [0.717, 1.165) is 35.7 Å². The molecule has 0 radical (unpaired) electrons. The average molecular weight is 417 g/mol. The first-order chi connectivity index (χ1) is 13.4. The molecule has 0 saturated carbocycles. The molecule has 0 saturated heterocycles. The summed E-state index contributed by atoms with van der Waals surface area (Å²) in [7, 11) is 0. The molecule has 1 amide bonds. The molecule has 0 aliphatic carbocycles. The molecular weight excluding hydrogens is 395 g/mol. The van der Waals surface area contributed by atoms with E-state index >= 15 is 0 Å². The lowest BCUT2D eigenvalue weighted by molar-refractivity contribution is -0.133. The molecule has 146 valence electrons. The molecule has 2 aromatic heterocycles. The minimum atomic E-state index is 0.0672. The largest absolute Gasteiger partial charge is 0.348 e. The summed E-state index contributed by atoms with van der Waals surface area (Å²) in [4.78, 5) is 15.1. The Morgan fingerprint density at radius 2 is 2.00 bits per heavy atom. The molecule has 1 atom stereocenters. The highest BCUT2D eigenvalue weighted by atomic mass is 35.5. The molecule has 7 heteroatoms. The number of aromatic nitrogens is 3. The zero-order valence-electron chi connectivity index (χ0n) is 16.1. The molecule has 1 aliphatic rings. The third-order valence-corrected chi connectivity index (χ3v) is 6.11. The second kappa shape index (κ2) is 7.30. The van der Waals surface area contributed by atoms with Crippen LogP contribution in [0.5, 0.6) is 0 Å². The molecule has 0 fully saturated rings. The molecule has 0 N–H and O–H groups in total. The number of fused-ring (bicyclic) bond motifs is 1. The average Bonchev–Trinajstić information content (AvgIpc) is 3.23. The second-order valence-electron chi connectivity index (χ2n) is 7.22. The van der Waals surface area contributed by atoms with E-state index in [1.807, 2.05) is 30.9 Å². The molecule has 0 spiro atoms. The predicted molar refractivity (Wildman–Crippen MR) is 111 cm³/mol. The van der Waals surface area contributed by atoms with Gasteiger partial charge in [-0.25, -0.2) is 4.68 Å². The molecule has 3 heterocycles. The first-order valence-electron chi connectivity index (χ1n) is 9.32. The molecule has 28 heavy (non-hydrogen) atoms. The fraction of sp³-hybridized carbons (Fsp3) is 0.333. The van der Waals surface area contributed by atoms with Crippen molar-refractivity contribution in [3.8, 4) is 5.69 Å². The maximum absolute atomic E-state index is 13.1. The zero-order chi connectivity index (χ0) is 20.0. The summed E-state index contributed by atoms with van der Waals surface area (Å²) in [6.45, 7) is 7.53. The SMILES string of the molecule is Cc1nn(-c2ccc(Cl)cc2Cl)c(C)c1CC(=O)N1CCn2cccc2C1C. The quantitative estimate of drug-likeness (QED) is 0.618. The van der Waals surface area contributed by atoms with E-state index in [4.69, 9.17) is 23.2 Å². The van der Waals surface area contributed by atoms with Crippen LogP contribution in [-0.2, 0) is 17.8 Å². The molecule has 3 aromatic rings. The van der Waals surface area contributed by atoms with Crippen LogP contribution in [0.1, 0.15) is 35.6 Å². The van der Waals surface area contributed by atoms with Gasteiger partial charge in [0.05, 0.1) is 28.9 Å². The molecule has 0 bridgehead atoms. The number of hydrogen-bond donors (Lipinski definition) is 0. The highest BCUT2D eigenvalue weighted by Gasteiger charge is 2.28. The van der Waals surface area contributed by atoms with E-state index in [9.17, 15) is 4.79 Å². The van der Waals surface area contributed by atoms with Gasteiger partial charge >= 0.3 is 0 Å². The van der Waals surface area contributed by atoms with Crippen LogP contribution >= 0.6 is 23.2 Å². The summed E-state index contributed by atoms with van der Waals surface area (Å²) < 4.78 is 4.01. The summed E-state index contributed by atoms with van der Waals surface area (Å²) in [5.41, 5.74) is 4.64. The van der Waals surface area contributed by atoms with E-state index in [0.29, 0.717) is 16.5 Å². The molecule has 1 aliphatic heterocycles. The Balaban J connectivity index is 1.61. The number of hydrogen-bond acceptors (Lipinski definition) is 2. The van der Waals surface area contributed by atoms with Gasteiger partial charge in [0.25, 0.3) is 0 Å². The Bertz CT molecular complexity index is 1050. The molecule has 1 aromatic carbocycles. The lowest BCUT2D eigenvalue weighted by Gasteiger charge is -2.35. The number of rotatable bonds is 3. The van der Waals surface area contributed by atoms with Crippen molar-refractivity contribution in [2.75, 3.05) is 6.54 Å². The number of nitrogens with zero attached hydrogens (tertiary/aromatic N) is 4. The van der Waals surface area contributed by atoms with Crippen molar-refractivity contribution in [1.29, 1.82) is 0 Å². The van der Waals surface area contributed by atoms with Crippen LogP contribution in [0.4, 0.5) is 0 Å². The Hall–Kier alpha value is -2.24. The predicted octanol–water partition coefficient (Wildman–Crippen LogP) is 4.74. The highest BCUT2D eigenvalue weighted by Crippen LogP contribution is 2.29. The number of amides is 1. The van der Waals surface area contributed by atoms with Crippen LogP contribution in [0.25, 0.3) is 5.69 Å². The number of halogens is 2. The van der Waals surface area contributed by atoms with Crippen molar-refractivity contribution in [2.24, 2.45) is 0 Å². The van der Waals surface area contributed by atoms with Crippen LogP contribution in [0.3, 0.4) is 0 Å². The lowest BCUT2D eigenvalue weighted by atomic mass is 10.1. The number of aryl methyl sites for hydroxylation is 1. The van der Waals surface area contributed by atoms with Crippen LogP contribution < -0.4 is 0 Å². The second-order valence-corrected chi connectivity index (χ2v) is 8.07. The van der Waals surface area contributed by atoms with Crippen molar-refractivity contribution >= 4 is 29.1 Å². The first-order valence-corrected chi connectivity index (χ1v) is 10.1. The van der Waals surface area contributed by atoms with Gasteiger partial charge in [-0.15, -0.1) is 0 Å². The van der Waals surface area contributed by atoms with Crippen molar-refractivity contribution in [3.05, 3.63) is 69.2 Å². The summed E-state index contributed by atoms with van der Waals surface area (Å²) in [5, 5.41) is 5.74.